The van der Waals surface area contributed by atoms with E-state index >= 15 is 0 Å². The van der Waals surface area contributed by atoms with E-state index in [1.165, 1.54) is 4.90 Å². The molecule has 0 saturated heterocycles. The van der Waals surface area contributed by atoms with Gasteiger partial charge in [0.05, 0.1) is 22.8 Å². The molecule has 8 heteroatoms. The lowest BCUT2D eigenvalue weighted by Crippen LogP contribution is -2.45. The fourth-order valence-electron chi connectivity index (χ4n) is 3.77. The largest absolute Gasteiger partial charge is 0.340 e. The minimum Gasteiger partial charge on any atom is -0.340 e. The van der Waals surface area contributed by atoms with Crippen LogP contribution in [-0.4, -0.2) is 42.1 Å². The summed E-state index contributed by atoms with van der Waals surface area (Å²) < 4.78 is 30.6. The van der Waals surface area contributed by atoms with Crippen molar-refractivity contribution in [3.63, 3.8) is 0 Å². The van der Waals surface area contributed by atoms with Crippen LogP contribution in [0.4, 0.5) is 0 Å². The Morgan fingerprint density at radius 2 is 1.69 bits per heavy atom. The summed E-state index contributed by atoms with van der Waals surface area (Å²) in [5, 5.41) is 4.35. The molecule has 1 N–H and O–H groups in total. The number of benzene rings is 2. The number of amides is 1. The third kappa shape index (κ3) is 4.92. The van der Waals surface area contributed by atoms with E-state index in [9.17, 15) is 13.2 Å². The molecule has 0 radical (unpaired) electrons. The predicted molar refractivity (Wildman–Crippen MR) is 125 cm³/mol. The molecule has 0 spiro atoms. The number of hydrogen-bond acceptors (Lipinski definition) is 4. The third-order valence-corrected chi connectivity index (χ3v) is 7.53. The Morgan fingerprint density at radius 1 is 1.09 bits per heavy atom. The first kappa shape index (κ1) is 23.7. The smallest absolute Gasteiger partial charge is 0.241 e. The second-order valence-corrected chi connectivity index (χ2v) is 9.91. The molecule has 2 aromatic carbocycles. The minimum absolute atomic E-state index is 0.251. The van der Waals surface area contributed by atoms with Crippen molar-refractivity contribution in [3.05, 3.63) is 76.6 Å². The number of rotatable bonds is 7. The number of nitrogens with zero attached hydrogens (tertiary/aromatic N) is 3. The molecule has 0 unspecified atom stereocenters. The van der Waals surface area contributed by atoms with E-state index in [1.54, 1.807) is 38.7 Å². The average molecular weight is 455 g/mol. The topological polar surface area (TPSA) is 84.3 Å². The number of nitrogens with one attached hydrogen (secondary N) is 1. The van der Waals surface area contributed by atoms with Crippen LogP contribution in [0, 0.1) is 27.7 Å². The summed E-state index contributed by atoms with van der Waals surface area (Å²) in [5.74, 6) is -0.319. The van der Waals surface area contributed by atoms with E-state index in [1.807, 2.05) is 56.4 Å². The van der Waals surface area contributed by atoms with Crippen LogP contribution < -0.4 is 4.72 Å². The van der Waals surface area contributed by atoms with Gasteiger partial charge in [-0.05, 0) is 69.0 Å². The highest BCUT2D eigenvalue weighted by molar-refractivity contribution is 7.89. The maximum Gasteiger partial charge on any atom is 0.241 e. The SMILES string of the molecule is Cc1cc(C)c(C)c(S(=O)(=O)N[C@@H](C)C(=O)N(C)Cc2cnn(-c3ccccc3)c2)c1C. The Balaban J connectivity index is 1.73. The molecule has 1 aromatic heterocycles. The zero-order valence-corrected chi connectivity index (χ0v) is 20.2. The van der Waals surface area contributed by atoms with Gasteiger partial charge in [0.15, 0.2) is 0 Å². The van der Waals surface area contributed by atoms with Gasteiger partial charge in [-0.25, -0.2) is 13.1 Å². The lowest BCUT2D eigenvalue weighted by molar-refractivity contribution is -0.131. The molecule has 0 aliphatic carbocycles. The first-order valence-electron chi connectivity index (χ1n) is 10.4. The van der Waals surface area contributed by atoms with Crippen molar-refractivity contribution in [2.45, 2.75) is 52.1 Å². The molecule has 0 aliphatic heterocycles. The maximum atomic E-state index is 13.1. The summed E-state index contributed by atoms with van der Waals surface area (Å²) in [6.07, 6.45) is 3.56. The Labute approximate surface area is 190 Å². The van der Waals surface area contributed by atoms with Crippen LogP contribution in [0.3, 0.4) is 0 Å². The third-order valence-electron chi connectivity index (χ3n) is 5.72. The monoisotopic (exact) mass is 454 g/mol. The Morgan fingerprint density at radius 3 is 2.28 bits per heavy atom. The molecule has 3 aromatic rings. The normalized spacial score (nSPS) is 12.6. The maximum absolute atomic E-state index is 13.1. The second-order valence-electron chi connectivity index (χ2n) is 8.26. The van der Waals surface area contributed by atoms with Gasteiger partial charge in [-0.1, -0.05) is 24.3 Å². The lowest BCUT2D eigenvalue weighted by atomic mass is 10.0. The van der Waals surface area contributed by atoms with E-state index in [0.717, 1.165) is 22.4 Å². The summed E-state index contributed by atoms with van der Waals surface area (Å²) >= 11 is 0. The molecule has 0 fully saturated rings. The molecule has 32 heavy (non-hydrogen) atoms. The van der Waals surface area contributed by atoms with Crippen molar-refractivity contribution in [1.82, 2.24) is 19.4 Å². The lowest BCUT2D eigenvalue weighted by Gasteiger charge is -2.23. The Hall–Kier alpha value is -2.97. The first-order valence-corrected chi connectivity index (χ1v) is 11.9. The summed E-state index contributed by atoms with van der Waals surface area (Å²) in [4.78, 5) is 14.7. The highest BCUT2D eigenvalue weighted by Crippen LogP contribution is 2.26. The van der Waals surface area contributed by atoms with E-state index < -0.39 is 16.1 Å². The number of sulfonamides is 1. The number of likely N-dealkylation sites (N-methyl/N-ethyl adjacent to an activating group) is 1. The number of para-hydroxylation sites is 1. The molecule has 1 atom stereocenters. The molecule has 3 rings (SSSR count). The van der Waals surface area contributed by atoms with E-state index in [-0.39, 0.29) is 10.8 Å². The number of aromatic nitrogens is 2. The van der Waals surface area contributed by atoms with Crippen molar-refractivity contribution in [1.29, 1.82) is 0 Å². The molecular weight excluding hydrogens is 424 g/mol. The molecule has 7 nitrogen and oxygen atoms in total. The standard InChI is InChI=1S/C24H30N4O3S/c1-16-12-17(2)19(4)23(18(16)3)32(30,31)26-20(5)24(29)27(6)14-21-13-25-28(15-21)22-10-8-7-9-11-22/h7-13,15,20,26H,14H2,1-6H3/t20-/m0/s1. The van der Waals surface area contributed by atoms with Gasteiger partial charge in [0.2, 0.25) is 15.9 Å². The van der Waals surface area contributed by atoms with Crippen LogP contribution in [0.2, 0.25) is 0 Å². The molecule has 0 saturated carbocycles. The van der Waals surface area contributed by atoms with Gasteiger partial charge in [-0.15, -0.1) is 0 Å². The van der Waals surface area contributed by atoms with Gasteiger partial charge in [-0.3, -0.25) is 4.79 Å². The van der Waals surface area contributed by atoms with E-state index in [2.05, 4.69) is 9.82 Å². The quantitative estimate of drug-likeness (QED) is 0.593. The van der Waals surface area contributed by atoms with Crippen LogP contribution in [0.25, 0.3) is 5.69 Å². The van der Waals surface area contributed by atoms with Crippen LogP contribution in [0.5, 0.6) is 0 Å². The van der Waals surface area contributed by atoms with E-state index in [4.69, 9.17) is 0 Å². The summed E-state index contributed by atoms with van der Waals surface area (Å²) in [5.41, 5.74) is 4.97. The zero-order chi connectivity index (χ0) is 23.6. The fourth-order valence-corrected chi connectivity index (χ4v) is 5.58. The summed E-state index contributed by atoms with van der Waals surface area (Å²) in [7, 11) is -2.21. The molecule has 1 amide bonds. The Kier molecular flexibility index (Phi) is 6.85. The molecular formula is C24H30N4O3S. The summed E-state index contributed by atoms with van der Waals surface area (Å²) in [6.45, 7) is 9.24. The number of aryl methyl sites for hydroxylation is 2. The molecule has 170 valence electrons. The van der Waals surface area contributed by atoms with Crippen molar-refractivity contribution in [2.75, 3.05) is 7.05 Å². The highest BCUT2D eigenvalue weighted by atomic mass is 32.2. The van der Waals surface area contributed by atoms with Crippen molar-refractivity contribution >= 4 is 15.9 Å². The van der Waals surface area contributed by atoms with Crippen LogP contribution in [-0.2, 0) is 21.4 Å². The molecule has 0 aliphatic rings. The van der Waals surface area contributed by atoms with Gasteiger partial charge in [-0.2, -0.15) is 9.82 Å². The van der Waals surface area contributed by atoms with Gasteiger partial charge in [0, 0.05) is 25.4 Å². The van der Waals surface area contributed by atoms with Crippen molar-refractivity contribution in [3.8, 4) is 5.69 Å². The van der Waals surface area contributed by atoms with Crippen molar-refractivity contribution in [2.24, 2.45) is 0 Å². The van der Waals surface area contributed by atoms with Crippen molar-refractivity contribution < 1.29 is 13.2 Å². The molecule has 0 bridgehead atoms. The van der Waals surface area contributed by atoms with Gasteiger partial charge in [0.25, 0.3) is 0 Å². The van der Waals surface area contributed by atoms with Gasteiger partial charge < -0.3 is 4.90 Å². The molecule has 1 heterocycles. The average Bonchev–Trinajstić information content (AvgIpc) is 3.20. The second kappa shape index (κ2) is 9.26. The summed E-state index contributed by atoms with van der Waals surface area (Å²) in [6, 6.07) is 10.7. The first-order chi connectivity index (χ1) is 15.0. The van der Waals surface area contributed by atoms with Crippen LogP contribution in [0.1, 0.15) is 34.7 Å². The minimum atomic E-state index is -3.86. The highest BCUT2D eigenvalue weighted by Gasteiger charge is 2.28. The van der Waals surface area contributed by atoms with Gasteiger partial charge in [0.1, 0.15) is 0 Å². The number of carbonyl (C=O) groups is 1. The van der Waals surface area contributed by atoms with Crippen LogP contribution >= 0.6 is 0 Å². The fraction of sp³-hybridized carbons (Fsp3) is 0.333. The Bertz CT molecular complexity index is 1210. The van der Waals surface area contributed by atoms with Crippen LogP contribution in [0.15, 0.2) is 53.7 Å². The van der Waals surface area contributed by atoms with Gasteiger partial charge >= 0.3 is 0 Å². The predicted octanol–water partition coefficient (Wildman–Crippen LogP) is 3.43. The number of carbonyl (C=O) groups excluding carboxylic acids is 1. The zero-order valence-electron chi connectivity index (χ0n) is 19.4. The number of hydrogen-bond donors (Lipinski definition) is 1. The van der Waals surface area contributed by atoms with E-state index in [0.29, 0.717) is 17.7 Å².